The SMILES string of the molecule is CC/C=C\C/C=C\C/C=C\C/C=C\C/C=C\C/C=C\C/C=C\CCCCCCCCCCCCCCCCCCCCCC(=O)OC(COC(=O)CCCCCCCCCCCCCCCCCCCCCCCCCCCCCCC/C=C\C/C=C\CCCCCCC)COP(=O)([O-])OCC[N+](C)(C)C. The quantitative estimate of drug-likeness (QED) is 0.0195. The van der Waals surface area contributed by atoms with E-state index < -0.39 is 26.5 Å². The number of hydrogen-bond acceptors (Lipinski definition) is 8. The number of rotatable bonds is 85. The molecular weight excluding hydrogens is 1330 g/mol. The molecule has 10 heteroatoms. The molecule has 0 N–H and O–H groups in total. The zero-order valence-electron chi connectivity index (χ0n) is 70.6. The Hall–Kier alpha value is -3.33. The van der Waals surface area contributed by atoms with Gasteiger partial charge in [-0.3, -0.25) is 14.2 Å². The van der Waals surface area contributed by atoms with Gasteiger partial charge in [0.2, 0.25) is 0 Å². The fraction of sp³-hybridized carbons (Fsp3) is 0.792. The number of ether oxygens (including phenoxy) is 2. The molecule has 2 atom stereocenters. The summed E-state index contributed by atoms with van der Waals surface area (Å²) in [6, 6.07) is 0. The van der Waals surface area contributed by atoms with Crippen LogP contribution in [0.5, 0.6) is 0 Å². The molecule has 2 unspecified atom stereocenters. The number of carbonyl (C=O) groups excluding carboxylic acids is 2. The minimum absolute atomic E-state index is 0.0304. The molecule has 0 amide bonds. The summed E-state index contributed by atoms with van der Waals surface area (Å²) in [6.45, 7) is 4.18. The number of unbranched alkanes of at least 4 members (excludes halogenated alkanes) is 53. The Morgan fingerprint density at radius 1 is 0.302 bits per heavy atom. The average molecular weight is 1500 g/mol. The van der Waals surface area contributed by atoms with E-state index in [4.69, 9.17) is 18.5 Å². The van der Waals surface area contributed by atoms with Gasteiger partial charge in [-0.15, -0.1) is 0 Å². The van der Waals surface area contributed by atoms with Crippen LogP contribution in [0.15, 0.2) is 109 Å². The summed E-state index contributed by atoms with van der Waals surface area (Å²) in [7, 11) is 1.18. The van der Waals surface area contributed by atoms with Crippen LogP contribution in [-0.4, -0.2) is 70.0 Å². The van der Waals surface area contributed by atoms with Crippen molar-refractivity contribution in [2.75, 3.05) is 47.5 Å². The number of likely N-dealkylation sites (N-methyl/N-ethyl adjacent to an activating group) is 1. The number of allylic oxidation sites excluding steroid dienone is 18. The first kappa shape index (κ1) is 103. The number of quaternary nitrogens is 1. The summed E-state index contributed by atoms with van der Waals surface area (Å²) in [6.07, 6.45) is 123. The molecule has 0 fully saturated rings. The second kappa shape index (κ2) is 85.7. The molecule has 0 saturated heterocycles. The van der Waals surface area contributed by atoms with Gasteiger partial charge in [0.25, 0.3) is 7.82 Å². The molecule has 0 aliphatic heterocycles. The minimum atomic E-state index is -4.65. The lowest BCUT2D eigenvalue weighted by Gasteiger charge is -2.28. The van der Waals surface area contributed by atoms with Crippen molar-refractivity contribution in [3.05, 3.63) is 109 Å². The van der Waals surface area contributed by atoms with E-state index in [0.717, 1.165) is 89.9 Å². The van der Waals surface area contributed by atoms with E-state index in [-0.39, 0.29) is 32.0 Å². The molecule has 0 aromatic rings. The summed E-state index contributed by atoms with van der Waals surface area (Å²) >= 11 is 0. The van der Waals surface area contributed by atoms with Crippen LogP contribution in [0.3, 0.4) is 0 Å². The maximum absolute atomic E-state index is 12.9. The number of nitrogens with zero attached hydrogens (tertiary/aromatic N) is 1. The Morgan fingerprint density at radius 2 is 0.538 bits per heavy atom. The van der Waals surface area contributed by atoms with Gasteiger partial charge < -0.3 is 27.9 Å². The van der Waals surface area contributed by atoms with Crippen LogP contribution < -0.4 is 4.89 Å². The standard InChI is InChI=1S/C96H174NO8P/c1-6-8-10-12-14-16-18-20-22-24-26-28-30-32-34-36-38-40-42-44-46-48-50-52-54-56-58-60-62-64-66-68-70-72-74-76-78-80-82-84-86-88-95(98)102-92-94(93-104-106(100,101)103-91-90-97(3,4)5)105-96(99)89-87-85-83-81-79-77-75-73-71-69-67-65-63-61-59-57-55-53-51-49-47-45-43-41-39-37-35-33-31-29-27-25-23-21-19-17-15-13-11-9-7-2/h9,11,15,17-18,20-21,23-24,26-27,29,33,35,39,41,45,47,94H,6-8,10,12-14,16,19,22,25,28,30-32,34,36-38,40,42-44,46,48-93H2,1-5H3/b11-9-,17-15-,20-18-,23-21-,26-24-,29-27-,35-33-,41-39-,47-45-. The van der Waals surface area contributed by atoms with E-state index in [1.165, 1.54) is 315 Å². The van der Waals surface area contributed by atoms with Gasteiger partial charge in [-0.05, 0) is 103 Å². The predicted molar refractivity (Wildman–Crippen MR) is 462 cm³/mol. The Morgan fingerprint density at radius 3 is 0.802 bits per heavy atom. The predicted octanol–water partition coefficient (Wildman–Crippen LogP) is 30.4. The minimum Gasteiger partial charge on any atom is -0.756 e. The Labute approximate surface area is 658 Å². The highest BCUT2D eigenvalue weighted by molar-refractivity contribution is 7.45. The summed E-state index contributed by atoms with van der Waals surface area (Å²) in [5.41, 5.74) is 0. The summed E-state index contributed by atoms with van der Waals surface area (Å²) in [5.74, 6) is -0.812. The zero-order valence-corrected chi connectivity index (χ0v) is 71.5. The molecule has 0 aliphatic rings. The van der Waals surface area contributed by atoms with Gasteiger partial charge in [-0.1, -0.05) is 431 Å². The van der Waals surface area contributed by atoms with Crippen molar-refractivity contribution in [1.82, 2.24) is 0 Å². The van der Waals surface area contributed by atoms with Gasteiger partial charge in [0.15, 0.2) is 6.10 Å². The van der Waals surface area contributed by atoms with Crippen LogP contribution in [-0.2, 0) is 32.7 Å². The summed E-state index contributed by atoms with van der Waals surface area (Å²) in [4.78, 5) is 38.3. The Kier molecular flexibility index (Phi) is 83.0. The lowest BCUT2D eigenvalue weighted by molar-refractivity contribution is -0.870. The van der Waals surface area contributed by atoms with Crippen molar-refractivity contribution in [3.63, 3.8) is 0 Å². The molecule has 106 heavy (non-hydrogen) atoms. The fourth-order valence-electron chi connectivity index (χ4n) is 13.4. The van der Waals surface area contributed by atoms with Crippen LogP contribution >= 0.6 is 7.82 Å². The van der Waals surface area contributed by atoms with Gasteiger partial charge in [-0.2, -0.15) is 0 Å². The third kappa shape index (κ3) is 89.6. The smallest absolute Gasteiger partial charge is 0.306 e. The van der Waals surface area contributed by atoms with Gasteiger partial charge >= 0.3 is 11.9 Å². The number of phosphoric acid groups is 1. The Bertz CT molecular complexity index is 2170. The molecule has 0 heterocycles. The molecule has 0 rings (SSSR count). The van der Waals surface area contributed by atoms with Crippen molar-refractivity contribution < 1.29 is 42.1 Å². The Balaban J connectivity index is 3.87. The second-order valence-corrected chi connectivity index (χ2v) is 33.3. The van der Waals surface area contributed by atoms with Crippen molar-refractivity contribution in [3.8, 4) is 0 Å². The van der Waals surface area contributed by atoms with Gasteiger partial charge in [-0.25, -0.2) is 0 Å². The highest BCUT2D eigenvalue weighted by Crippen LogP contribution is 2.38. The van der Waals surface area contributed by atoms with Crippen LogP contribution in [0.4, 0.5) is 0 Å². The number of carbonyl (C=O) groups is 2. The first-order valence-corrected chi connectivity index (χ1v) is 47.1. The average Bonchev–Trinajstić information content (AvgIpc) is 0.908. The molecule has 9 nitrogen and oxygen atoms in total. The third-order valence-electron chi connectivity index (χ3n) is 20.3. The van der Waals surface area contributed by atoms with E-state index in [2.05, 4.69) is 123 Å². The largest absolute Gasteiger partial charge is 0.756 e. The van der Waals surface area contributed by atoms with Gasteiger partial charge in [0.05, 0.1) is 27.7 Å². The van der Waals surface area contributed by atoms with Gasteiger partial charge in [0.1, 0.15) is 19.8 Å². The van der Waals surface area contributed by atoms with E-state index in [9.17, 15) is 19.0 Å². The van der Waals surface area contributed by atoms with E-state index in [1.54, 1.807) is 0 Å². The van der Waals surface area contributed by atoms with Crippen LogP contribution in [0.25, 0.3) is 0 Å². The molecule has 0 radical (unpaired) electrons. The summed E-state index contributed by atoms with van der Waals surface area (Å²) in [5, 5.41) is 0. The first-order chi connectivity index (χ1) is 52.0. The highest BCUT2D eigenvalue weighted by Gasteiger charge is 2.22. The maximum atomic E-state index is 12.9. The maximum Gasteiger partial charge on any atom is 0.306 e. The van der Waals surface area contributed by atoms with E-state index >= 15 is 0 Å². The molecular formula is C96H174NO8P. The van der Waals surface area contributed by atoms with Crippen molar-refractivity contribution in [1.29, 1.82) is 0 Å². The monoisotopic (exact) mass is 1500 g/mol. The van der Waals surface area contributed by atoms with Crippen molar-refractivity contribution >= 4 is 19.8 Å². The van der Waals surface area contributed by atoms with Gasteiger partial charge in [0, 0.05) is 12.8 Å². The lowest BCUT2D eigenvalue weighted by Crippen LogP contribution is -2.37. The number of phosphoric ester groups is 1. The van der Waals surface area contributed by atoms with E-state index in [1.807, 2.05) is 21.1 Å². The number of esters is 2. The molecule has 0 aromatic heterocycles. The fourth-order valence-corrected chi connectivity index (χ4v) is 14.1. The second-order valence-electron chi connectivity index (χ2n) is 31.9. The van der Waals surface area contributed by atoms with E-state index in [0.29, 0.717) is 17.4 Å². The molecule has 0 aromatic carbocycles. The van der Waals surface area contributed by atoms with Crippen LogP contribution in [0.2, 0.25) is 0 Å². The third-order valence-corrected chi connectivity index (χ3v) is 21.2. The zero-order chi connectivity index (χ0) is 76.8. The lowest BCUT2D eigenvalue weighted by atomic mass is 10.0. The van der Waals surface area contributed by atoms with Crippen LogP contribution in [0.1, 0.15) is 438 Å². The normalized spacial score (nSPS) is 13.5. The molecule has 0 bridgehead atoms. The molecule has 0 aliphatic carbocycles. The summed E-state index contributed by atoms with van der Waals surface area (Å²) < 4.78 is 34.5. The van der Waals surface area contributed by atoms with Crippen molar-refractivity contribution in [2.45, 2.75) is 444 Å². The first-order valence-electron chi connectivity index (χ1n) is 45.6. The van der Waals surface area contributed by atoms with Crippen molar-refractivity contribution in [2.24, 2.45) is 0 Å². The topological polar surface area (TPSA) is 111 Å². The highest BCUT2D eigenvalue weighted by atomic mass is 31.2. The molecule has 0 spiro atoms. The number of hydrogen-bond donors (Lipinski definition) is 0. The molecule has 0 saturated carbocycles. The molecule has 616 valence electrons. The van der Waals surface area contributed by atoms with Crippen LogP contribution in [0, 0.1) is 0 Å².